The standard InChI is InChI=1S/C13H16O3/c14-11(15)4-3-9-6-10-7-1-2-8(5-7)12(10)13(9)16/h1-2,7-10,12H,3-6H2,(H,14,15)/t7-,8+,9?,10-,12+/m1/s1. The highest BCUT2D eigenvalue weighted by Gasteiger charge is 2.54. The Balaban J connectivity index is 1.70. The maximum Gasteiger partial charge on any atom is 0.303 e. The van der Waals surface area contributed by atoms with Crippen LogP contribution >= 0.6 is 0 Å². The van der Waals surface area contributed by atoms with E-state index in [1.807, 2.05) is 0 Å². The molecule has 3 aliphatic carbocycles. The SMILES string of the molecule is O=C(O)CCC1C[C@H]2[C@@H](C1=O)[C@H]1C=C[C@@H]2C1. The van der Waals surface area contributed by atoms with Crippen LogP contribution in [-0.4, -0.2) is 16.9 Å². The fraction of sp³-hybridized carbons (Fsp3) is 0.692. The van der Waals surface area contributed by atoms with Crippen molar-refractivity contribution < 1.29 is 14.7 Å². The first-order valence-electron chi connectivity index (χ1n) is 6.10. The van der Waals surface area contributed by atoms with Gasteiger partial charge >= 0.3 is 5.97 Å². The molecule has 0 heterocycles. The Morgan fingerprint density at radius 1 is 1.31 bits per heavy atom. The average molecular weight is 220 g/mol. The van der Waals surface area contributed by atoms with Crippen LogP contribution in [0.4, 0.5) is 0 Å². The monoisotopic (exact) mass is 220 g/mol. The minimum absolute atomic E-state index is 0.0244. The van der Waals surface area contributed by atoms with Gasteiger partial charge in [0.25, 0.3) is 0 Å². The molecule has 1 N–H and O–H groups in total. The van der Waals surface area contributed by atoms with Crippen LogP contribution in [0.1, 0.15) is 25.7 Å². The highest BCUT2D eigenvalue weighted by Crippen LogP contribution is 2.56. The first kappa shape index (κ1) is 10.1. The fourth-order valence-corrected chi connectivity index (χ4v) is 3.94. The number of Topliss-reactive ketones (excluding diaryl/α,β-unsaturated/α-hetero) is 1. The number of fused-ring (bicyclic) bond motifs is 5. The van der Waals surface area contributed by atoms with Gasteiger partial charge in [-0.05, 0) is 37.0 Å². The van der Waals surface area contributed by atoms with Gasteiger partial charge in [-0.25, -0.2) is 0 Å². The van der Waals surface area contributed by atoms with E-state index < -0.39 is 5.97 Å². The highest BCUT2D eigenvalue weighted by atomic mass is 16.4. The summed E-state index contributed by atoms with van der Waals surface area (Å²) in [6.45, 7) is 0. The summed E-state index contributed by atoms with van der Waals surface area (Å²) in [5.74, 6) is 1.42. The lowest BCUT2D eigenvalue weighted by Gasteiger charge is -2.17. The van der Waals surface area contributed by atoms with Crippen molar-refractivity contribution in [2.24, 2.45) is 29.6 Å². The third-order valence-corrected chi connectivity index (χ3v) is 4.62. The van der Waals surface area contributed by atoms with Crippen LogP contribution in [0, 0.1) is 29.6 Å². The molecule has 2 bridgehead atoms. The van der Waals surface area contributed by atoms with Gasteiger partial charge in [-0.3, -0.25) is 9.59 Å². The Kier molecular flexibility index (Phi) is 2.16. The lowest BCUT2D eigenvalue weighted by atomic mass is 9.86. The zero-order valence-corrected chi connectivity index (χ0v) is 9.13. The van der Waals surface area contributed by atoms with E-state index >= 15 is 0 Å². The molecule has 0 radical (unpaired) electrons. The lowest BCUT2D eigenvalue weighted by Crippen LogP contribution is -2.21. The number of carboxylic acids is 1. The molecule has 86 valence electrons. The zero-order chi connectivity index (χ0) is 11.3. The van der Waals surface area contributed by atoms with Crippen LogP contribution in [0.5, 0.6) is 0 Å². The van der Waals surface area contributed by atoms with Crippen LogP contribution in [0.3, 0.4) is 0 Å². The molecule has 0 aliphatic heterocycles. The van der Waals surface area contributed by atoms with Crippen molar-refractivity contribution in [2.75, 3.05) is 0 Å². The number of rotatable bonds is 3. The van der Waals surface area contributed by atoms with Crippen molar-refractivity contribution in [1.29, 1.82) is 0 Å². The molecule has 0 aromatic rings. The molecular formula is C13H16O3. The van der Waals surface area contributed by atoms with Crippen LogP contribution in [-0.2, 0) is 9.59 Å². The van der Waals surface area contributed by atoms with Gasteiger partial charge in [0.05, 0.1) is 0 Å². The predicted molar refractivity (Wildman–Crippen MR) is 57.7 cm³/mol. The van der Waals surface area contributed by atoms with E-state index in [-0.39, 0.29) is 18.3 Å². The molecule has 16 heavy (non-hydrogen) atoms. The number of hydrogen-bond acceptors (Lipinski definition) is 2. The molecule has 1 unspecified atom stereocenters. The summed E-state index contributed by atoms with van der Waals surface area (Å²) in [4.78, 5) is 22.7. The molecule has 2 saturated carbocycles. The van der Waals surface area contributed by atoms with Gasteiger partial charge in [0.15, 0.2) is 0 Å². The molecule has 0 aromatic carbocycles. The largest absolute Gasteiger partial charge is 0.481 e. The molecule has 3 rings (SSSR count). The van der Waals surface area contributed by atoms with E-state index in [4.69, 9.17) is 5.11 Å². The smallest absolute Gasteiger partial charge is 0.303 e. The van der Waals surface area contributed by atoms with Crippen LogP contribution < -0.4 is 0 Å². The van der Waals surface area contributed by atoms with E-state index in [1.165, 1.54) is 0 Å². The van der Waals surface area contributed by atoms with Gasteiger partial charge in [-0.15, -0.1) is 0 Å². The second-order valence-corrected chi connectivity index (χ2v) is 5.41. The average Bonchev–Trinajstić information content (AvgIpc) is 2.88. The van der Waals surface area contributed by atoms with E-state index in [0.717, 1.165) is 12.8 Å². The topological polar surface area (TPSA) is 54.4 Å². The molecule has 3 aliphatic rings. The molecule has 3 heteroatoms. The zero-order valence-electron chi connectivity index (χ0n) is 9.13. The first-order valence-corrected chi connectivity index (χ1v) is 6.10. The predicted octanol–water partition coefficient (Wildman–Crippen LogP) is 1.88. The summed E-state index contributed by atoms with van der Waals surface area (Å²) in [6.07, 6.45) is 7.23. The van der Waals surface area contributed by atoms with Gasteiger partial charge in [-0.2, -0.15) is 0 Å². The number of carboxylic acid groups (broad SMARTS) is 1. The normalized spacial score (nSPS) is 44.0. The number of hydrogen-bond donors (Lipinski definition) is 1. The molecule has 2 fully saturated rings. The fourth-order valence-electron chi connectivity index (χ4n) is 3.94. The van der Waals surface area contributed by atoms with Crippen molar-refractivity contribution in [1.82, 2.24) is 0 Å². The van der Waals surface area contributed by atoms with Gasteiger partial charge in [-0.1, -0.05) is 12.2 Å². The van der Waals surface area contributed by atoms with Crippen molar-refractivity contribution >= 4 is 11.8 Å². The Morgan fingerprint density at radius 2 is 2.06 bits per heavy atom. The number of carbonyl (C=O) groups excluding carboxylic acids is 1. The molecule has 3 nitrogen and oxygen atoms in total. The maximum absolute atomic E-state index is 12.2. The van der Waals surface area contributed by atoms with Gasteiger partial charge in [0, 0.05) is 18.3 Å². The molecule has 0 saturated heterocycles. The van der Waals surface area contributed by atoms with Crippen molar-refractivity contribution in [2.45, 2.75) is 25.7 Å². The summed E-state index contributed by atoms with van der Waals surface area (Å²) in [5, 5.41) is 8.66. The summed E-state index contributed by atoms with van der Waals surface area (Å²) in [6, 6.07) is 0. The third kappa shape index (κ3) is 1.34. The second-order valence-electron chi connectivity index (χ2n) is 5.41. The van der Waals surface area contributed by atoms with Crippen LogP contribution in [0.2, 0.25) is 0 Å². The molecular weight excluding hydrogens is 204 g/mol. The Morgan fingerprint density at radius 3 is 2.75 bits per heavy atom. The summed E-state index contributed by atoms with van der Waals surface area (Å²) < 4.78 is 0. The summed E-state index contributed by atoms with van der Waals surface area (Å²) in [7, 11) is 0. The van der Waals surface area contributed by atoms with Crippen LogP contribution in [0.15, 0.2) is 12.2 Å². The Labute approximate surface area is 94.5 Å². The summed E-state index contributed by atoms with van der Waals surface area (Å²) in [5.41, 5.74) is 0. The van der Waals surface area contributed by atoms with Gasteiger partial charge in [0.1, 0.15) is 5.78 Å². The quantitative estimate of drug-likeness (QED) is 0.739. The van der Waals surface area contributed by atoms with Crippen molar-refractivity contribution in [3.63, 3.8) is 0 Å². The molecule has 5 atom stereocenters. The molecule has 0 aromatic heterocycles. The van der Waals surface area contributed by atoms with E-state index in [9.17, 15) is 9.59 Å². The van der Waals surface area contributed by atoms with E-state index in [1.54, 1.807) is 0 Å². The third-order valence-electron chi connectivity index (χ3n) is 4.62. The second kappa shape index (κ2) is 3.44. The number of allylic oxidation sites excluding steroid dienone is 2. The molecule has 0 spiro atoms. The lowest BCUT2D eigenvalue weighted by molar-refractivity contribution is -0.137. The number of ketones is 1. The van der Waals surface area contributed by atoms with Crippen molar-refractivity contribution in [3.05, 3.63) is 12.2 Å². The minimum atomic E-state index is -0.786. The van der Waals surface area contributed by atoms with Gasteiger partial charge in [0.2, 0.25) is 0 Å². The first-order chi connectivity index (χ1) is 7.66. The summed E-state index contributed by atoms with van der Waals surface area (Å²) >= 11 is 0. The minimum Gasteiger partial charge on any atom is -0.481 e. The highest BCUT2D eigenvalue weighted by molar-refractivity contribution is 5.87. The van der Waals surface area contributed by atoms with E-state index in [2.05, 4.69) is 12.2 Å². The number of carbonyl (C=O) groups is 2. The Bertz CT molecular complexity index is 371. The van der Waals surface area contributed by atoms with Gasteiger partial charge < -0.3 is 5.11 Å². The maximum atomic E-state index is 12.2. The van der Waals surface area contributed by atoms with E-state index in [0.29, 0.717) is 30.0 Å². The molecule has 0 amide bonds. The Hall–Kier alpha value is -1.12. The van der Waals surface area contributed by atoms with Crippen LogP contribution in [0.25, 0.3) is 0 Å². The van der Waals surface area contributed by atoms with Crippen molar-refractivity contribution in [3.8, 4) is 0 Å². The number of aliphatic carboxylic acids is 1.